The van der Waals surface area contributed by atoms with Crippen LogP contribution in [0, 0.1) is 11.8 Å². The van der Waals surface area contributed by atoms with Gasteiger partial charge >= 0.3 is 11.7 Å². The molecule has 2 aromatic heterocycles. The number of carbonyl (C=O) groups excluding carboxylic acids is 7. The Bertz CT molecular complexity index is 2500. The Morgan fingerprint density at radius 3 is 2.38 bits per heavy atom. The average Bonchev–Trinajstić information content (AvgIpc) is 3.90. The number of rotatable bonds is 23. The number of alkyl carbamates (subject to hydrolysis) is 1. The molecular weight excluding hydrogens is 1060 g/mol. The third kappa shape index (κ3) is 13.2. The van der Waals surface area contributed by atoms with Crippen molar-refractivity contribution in [3.63, 3.8) is 0 Å². The minimum atomic E-state index is -1.35. The van der Waals surface area contributed by atoms with E-state index in [4.69, 9.17) is 14.2 Å². The van der Waals surface area contributed by atoms with E-state index in [-0.39, 0.29) is 49.8 Å². The average molecular weight is 1130 g/mol. The minimum absolute atomic E-state index is 0.0922. The second-order valence-electron chi connectivity index (χ2n) is 19.8. The molecule has 0 radical (unpaired) electrons. The Balaban J connectivity index is 0.954. The lowest BCUT2D eigenvalue weighted by molar-refractivity contribution is -0.699. The number of aromatic amines is 1. The van der Waals surface area contributed by atoms with Gasteiger partial charge in [-0.05, 0) is 70.1 Å². The third-order valence-corrected chi connectivity index (χ3v) is 15.6. The lowest BCUT2D eigenvalue weighted by Crippen LogP contribution is -2.68. The van der Waals surface area contributed by atoms with Crippen LogP contribution in [0.1, 0.15) is 105 Å². The second-order valence-corrected chi connectivity index (χ2v) is 22.3. The summed E-state index contributed by atoms with van der Waals surface area (Å²) >= 11 is 2.20. The highest BCUT2D eigenvalue weighted by Gasteiger charge is 2.55. The van der Waals surface area contributed by atoms with Gasteiger partial charge in [0, 0.05) is 35.6 Å². The van der Waals surface area contributed by atoms with Crippen LogP contribution >= 0.6 is 22.6 Å². The fourth-order valence-electron chi connectivity index (χ4n) is 9.08. The number of methoxy groups -OCH3 is 1. The molecule has 24 heteroatoms. The zero-order valence-corrected chi connectivity index (χ0v) is 45.1. The molecule has 10 atom stereocenters. The van der Waals surface area contributed by atoms with E-state index in [0.717, 1.165) is 17.7 Å². The lowest BCUT2D eigenvalue weighted by atomic mass is 9.90. The Kier molecular flexibility index (Phi) is 18.8. The number of fused-ring (bicyclic) bond motifs is 1. The molecular formula is C49H72IN11O12+2. The summed E-state index contributed by atoms with van der Waals surface area (Å²) in [6.45, 7) is 12.2. The van der Waals surface area contributed by atoms with Gasteiger partial charge in [-0.25, -0.2) is 13.9 Å². The quantitative estimate of drug-likeness (QED) is 0.0281. The molecule has 3 fully saturated rings. The number of alkyl halides is 1. The second kappa shape index (κ2) is 24.2. The summed E-state index contributed by atoms with van der Waals surface area (Å²) in [7, 11) is 3.21. The van der Waals surface area contributed by atoms with E-state index in [9.17, 15) is 43.8 Å². The number of ether oxygens (including phenoxy) is 3. The van der Waals surface area contributed by atoms with E-state index in [1.807, 2.05) is 20.2 Å². The number of benzene rings is 1. The number of carbonyl (C=O) groups is 7. The van der Waals surface area contributed by atoms with E-state index in [2.05, 4.69) is 82.9 Å². The predicted octanol–water partition coefficient (Wildman–Crippen LogP) is 1.44. The molecule has 6 rings (SSSR count). The minimum Gasteiger partial charge on any atom is -0.445 e. The maximum Gasteiger partial charge on any atom is 0.408 e. The third-order valence-electron chi connectivity index (χ3n) is 14.1. The summed E-state index contributed by atoms with van der Waals surface area (Å²) < 4.78 is 20.8. The van der Waals surface area contributed by atoms with Gasteiger partial charge in [-0.2, -0.15) is 0 Å². The molecule has 1 aliphatic carbocycles. The number of aliphatic hydroxyl groups excluding tert-OH is 2. The molecule has 23 nitrogen and oxygen atoms in total. The SMILES string of the molecule is CCCC(C)[n+]1c[nH]c2c(N[C@H]3O[C@@H](CO)[C@H](NC(=O)C4(NC(=O)OCc5ccc(NC(=O)[C@H](C)NC(=O)[C@@H](NC(=O)CCN6C(=O)CC(C(C)(I)CC)C6=O)C(C)C)cc5)CC4)[C@@H](O)[C@@H]3OC)[n+](C)cnc21. The number of nitrogens with one attached hydrogen (secondary N) is 7. The van der Waals surface area contributed by atoms with Crippen molar-refractivity contribution in [3.05, 3.63) is 42.5 Å². The van der Waals surface area contributed by atoms with Crippen LogP contribution in [0.2, 0.25) is 0 Å². The molecule has 9 N–H and O–H groups in total. The van der Waals surface area contributed by atoms with E-state index in [1.165, 1.54) is 14.0 Å². The first kappa shape index (κ1) is 56.7. The molecule has 3 unspecified atom stereocenters. The molecule has 1 saturated carbocycles. The molecule has 3 aliphatic rings. The normalized spacial score (nSPS) is 23.5. The van der Waals surface area contributed by atoms with Crippen molar-refractivity contribution in [2.75, 3.05) is 30.9 Å². The van der Waals surface area contributed by atoms with Crippen molar-refractivity contribution in [2.45, 2.75) is 158 Å². The number of halogens is 1. The number of likely N-dealkylation sites (tertiary alicyclic amines) is 1. The number of aryl methyl sites for hydroxylation is 1. The Morgan fingerprint density at radius 1 is 1.07 bits per heavy atom. The van der Waals surface area contributed by atoms with Gasteiger partial charge in [0.2, 0.25) is 53.5 Å². The van der Waals surface area contributed by atoms with E-state index < -0.39 is 93.9 Å². The Morgan fingerprint density at radius 2 is 1.77 bits per heavy atom. The molecule has 2 aliphatic heterocycles. The fourth-order valence-corrected chi connectivity index (χ4v) is 9.56. The molecule has 1 aromatic carbocycles. The summed E-state index contributed by atoms with van der Waals surface area (Å²) in [5, 5.41) is 38.8. The van der Waals surface area contributed by atoms with Crippen LogP contribution in [0.5, 0.6) is 0 Å². The summed E-state index contributed by atoms with van der Waals surface area (Å²) in [4.78, 5) is 101. The maximum atomic E-state index is 13.7. The van der Waals surface area contributed by atoms with Crippen LogP contribution in [0.4, 0.5) is 16.3 Å². The van der Waals surface area contributed by atoms with Gasteiger partial charge < -0.3 is 51.0 Å². The first-order chi connectivity index (χ1) is 34.6. The molecule has 7 amide bonds. The molecule has 0 bridgehead atoms. The van der Waals surface area contributed by atoms with Crippen molar-refractivity contribution in [1.82, 2.24) is 36.1 Å². The van der Waals surface area contributed by atoms with Gasteiger partial charge in [-0.3, -0.25) is 44.0 Å². The number of imidazole rings is 1. The van der Waals surface area contributed by atoms with Crippen LogP contribution in [0.25, 0.3) is 11.2 Å². The lowest BCUT2D eigenvalue weighted by Gasteiger charge is -2.43. The van der Waals surface area contributed by atoms with Crippen molar-refractivity contribution in [2.24, 2.45) is 18.9 Å². The molecule has 400 valence electrons. The number of aliphatic hydroxyl groups is 2. The zero-order chi connectivity index (χ0) is 53.5. The van der Waals surface area contributed by atoms with Gasteiger partial charge in [0.05, 0.1) is 31.7 Å². The van der Waals surface area contributed by atoms with E-state index >= 15 is 0 Å². The van der Waals surface area contributed by atoms with Crippen molar-refractivity contribution >= 4 is 86.8 Å². The van der Waals surface area contributed by atoms with Crippen molar-refractivity contribution < 1.29 is 67.1 Å². The van der Waals surface area contributed by atoms with Crippen LogP contribution in [-0.2, 0) is 56.6 Å². The van der Waals surface area contributed by atoms with E-state index in [0.29, 0.717) is 47.5 Å². The highest BCUT2D eigenvalue weighted by atomic mass is 127. The number of anilines is 2. The van der Waals surface area contributed by atoms with Gasteiger partial charge in [-0.15, -0.1) is 0 Å². The van der Waals surface area contributed by atoms with Gasteiger partial charge in [-0.1, -0.05) is 73.8 Å². The molecule has 2 saturated heterocycles. The van der Waals surface area contributed by atoms with Crippen LogP contribution in [0.3, 0.4) is 0 Å². The van der Waals surface area contributed by atoms with Gasteiger partial charge in [0.1, 0.15) is 42.5 Å². The molecule has 0 spiro atoms. The fraction of sp³-hybridized carbons (Fsp3) is 0.633. The first-order valence-electron chi connectivity index (χ1n) is 24.9. The van der Waals surface area contributed by atoms with Gasteiger partial charge in [0.15, 0.2) is 6.33 Å². The topological polar surface area (TPSA) is 299 Å². The highest BCUT2D eigenvalue weighted by Crippen LogP contribution is 2.39. The number of hydrogen-bond acceptors (Lipinski definition) is 14. The summed E-state index contributed by atoms with van der Waals surface area (Å²) in [5.74, 6) is -3.09. The maximum absolute atomic E-state index is 13.7. The predicted molar refractivity (Wildman–Crippen MR) is 272 cm³/mol. The Labute approximate surface area is 438 Å². The molecule has 73 heavy (non-hydrogen) atoms. The highest BCUT2D eigenvalue weighted by molar-refractivity contribution is 14.1. The van der Waals surface area contributed by atoms with Crippen LogP contribution < -0.4 is 41.0 Å². The first-order valence-corrected chi connectivity index (χ1v) is 25.9. The number of nitrogens with zero attached hydrogens (tertiary/aromatic N) is 4. The largest absolute Gasteiger partial charge is 0.445 e. The number of amides is 7. The standard InChI is InChI=1S/C49H70IN11O12/c1-10-12-27(5)61-25-51-37-40(61)52-24-59(8)41(37)57-44-39(71-9)38(65)36(32(22-62)73-44)56-46(69)49(18-19-49)58-47(70)72-23-29-13-15-30(16-14-29)54-42(66)28(6)53-43(67)35(26(3)4)55-33(63)17-20-60-34(64)21-31(45(60)68)48(7,50)11-2/h13-16,24-28,31-32,35-36,38-39,44,62,65H,10-12,17-23H2,1-9H3,(H5,53,54,55,56,58,63,66,67,69,70)/p+2/t27?,28-,31?,32-,35-,36-,38+,39-,44-,48?/m0/s1. The van der Waals surface area contributed by atoms with Crippen LogP contribution in [0.15, 0.2) is 36.9 Å². The van der Waals surface area contributed by atoms with E-state index in [1.54, 1.807) is 56.1 Å². The summed E-state index contributed by atoms with van der Waals surface area (Å²) in [6, 6.07) is 3.49. The number of H-pyrrole nitrogens is 1. The van der Waals surface area contributed by atoms with Crippen molar-refractivity contribution in [1.29, 1.82) is 0 Å². The number of imide groups is 1. The number of aromatic nitrogens is 4. The molecule has 3 aromatic rings. The zero-order valence-electron chi connectivity index (χ0n) is 43.0. The van der Waals surface area contributed by atoms with Crippen LogP contribution in [-0.4, -0.2) is 139 Å². The van der Waals surface area contributed by atoms with Crippen molar-refractivity contribution in [3.8, 4) is 0 Å². The Hall–Kier alpha value is -5.57. The molecule has 4 heterocycles. The summed E-state index contributed by atoms with van der Waals surface area (Å²) in [6.07, 6.45) is 1.43. The number of hydrogen-bond donors (Lipinski definition) is 9. The summed E-state index contributed by atoms with van der Waals surface area (Å²) in [5.41, 5.74) is 1.04. The van der Waals surface area contributed by atoms with Gasteiger partial charge in [0.25, 0.3) is 5.82 Å². The monoisotopic (exact) mass is 1130 g/mol. The smallest absolute Gasteiger partial charge is 0.408 e.